The van der Waals surface area contributed by atoms with Crippen LogP contribution in [-0.2, 0) is 6.42 Å². The van der Waals surface area contributed by atoms with Crippen molar-refractivity contribution in [1.29, 1.82) is 0 Å². The lowest BCUT2D eigenvalue weighted by molar-refractivity contribution is 0.0938. The number of amides is 1. The molecule has 1 saturated carbocycles. The molecule has 6 rings (SSSR count). The minimum Gasteiger partial charge on any atom is -0.349 e. The van der Waals surface area contributed by atoms with Gasteiger partial charge in [0.25, 0.3) is 5.91 Å². The lowest BCUT2D eigenvalue weighted by Crippen LogP contribution is -2.32. The highest BCUT2D eigenvalue weighted by molar-refractivity contribution is 5.95. The summed E-state index contributed by atoms with van der Waals surface area (Å²) in [5.74, 6) is 0.836. The Morgan fingerprint density at radius 1 is 0.939 bits per heavy atom. The molecule has 1 amide bonds. The molecule has 1 N–H and O–H groups in total. The van der Waals surface area contributed by atoms with Crippen molar-refractivity contribution in [3.63, 3.8) is 0 Å². The summed E-state index contributed by atoms with van der Waals surface area (Å²) in [6.07, 6.45) is 7.16. The van der Waals surface area contributed by atoms with Crippen molar-refractivity contribution in [2.24, 2.45) is 0 Å². The van der Waals surface area contributed by atoms with E-state index in [9.17, 15) is 4.79 Å². The van der Waals surface area contributed by atoms with Gasteiger partial charge in [-0.1, -0.05) is 43.2 Å². The average molecular weight is 436 g/mol. The Morgan fingerprint density at radius 2 is 1.76 bits per heavy atom. The highest BCUT2D eigenvalue weighted by Crippen LogP contribution is 2.36. The van der Waals surface area contributed by atoms with Crippen LogP contribution < -0.4 is 10.2 Å². The highest BCUT2D eigenvalue weighted by Gasteiger charge is 2.23. The Hall–Kier alpha value is -3.80. The molecule has 164 valence electrons. The van der Waals surface area contributed by atoms with Crippen molar-refractivity contribution in [2.45, 2.75) is 38.1 Å². The number of aromatic nitrogens is 3. The largest absolute Gasteiger partial charge is 0.349 e. The molecule has 0 spiro atoms. The number of pyridine rings is 1. The van der Waals surface area contributed by atoms with E-state index < -0.39 is 0 Å². The normalized spacial score (nSPS) is 15.7. The maximum absolute atomic E-state index is 12.6. The third-order valence-electron chi connectivity index (χ3n) is 6.74. The highest BCUT2D eigenvalue weighted by atomic mass is 16.1. The van der Waals surface area contributed by atoms with Gasteiger partial charge in [0.05, 0.1) is 11.2 Å². The van der Waals surface area contributed by atoms with E-state index in [4.69, 9.17) is 4.98 Å². The van der Waals surface area contributed by atoms with Crippen LogP contribution in [0.5, 0.6) is 0 Å². The molecule has 4 aromatic rings. The van der Waals surface area contributed by atoms with Gasteiger partial charge in [-0.15, -0.1) is 0 Å². The summed E-state index contributed by atoms with van der Waals surface area (Å²) >= 11 is 0. The van der Waals surface area contributed by atoms with E-state index in [1.54, 1.807) is 6.33 Å². The lowest BCUT2D eigenvalue weighted by atomic mass is 10.1. The van der Waals surface area contributed by atoms with Crippen LogP contribution in [0.2, 0.25) is 0 Å². The van der Waals surface area contributed by atoms with E-state index >= 15 is 0 Å². The van der Waals surface area contributed by atoms with Crippen molar-refractivity contribution in [3.05, 3.63) is 78.1 Å². The summed E-state index contributed by atoms with van der Waals surface area (Å²) in [5, 5.41) is 3.15. The molecule has 2 aromatic heterocycles. The topological polar surface area (TPSA) is 71.0 Å². The first-order valence-corrected chi connectivity index (χ1v) is 11.6. The van der Waals surface area contributed by atoms with Crippen LogP contribution >= 0.6 is 0 Å². The minimum atomic E-state index is 0.00306. The van der Waals surface area contributed by atoms with E-state index in [0.29, 0.717) is 11.6 Å². The van der Waals surface area contributed by atoms with Crippen LogP contribution in [0.1, 0.15) is 41.6 Å². The summed E-state index contributed by atoms with van der Waals surface area (Å²) in [7, 11) is 0. The molecule has 1 fully saturated rings. The van der Waals surface area contributed by atoms with Gasteiger partial charge in [0.15, 0.2) is 5.82 Å². The van der Waals surface area contributed by atoms with Gasteiger partial charge in [0.1, 0.15) is 11.8 Å². The van der Waals surface area contributed by atoms with Crippen LogP contribution in [-0.4, -0.2) is 33.4 Å². The molecule has 0 atom stereocenters. The second-order valence-corrected chi connectivity index (χ2v) is 8.82. The van der Waals surface area contributed by atoms with Crippen LogP contribution in [0, 0.1) is 0 Å². The zero-order chi connectivity index (χ0) is 22.2. The van der Waals surface area contributed by atoms with Gasteiger partial charge in [-0.2, -0.15) is 0 Å². The number of hydrogen-bond donors (Lipinski definition) is 1. The number of carbonyl (C=O) groups excluding carboxylic acids is 1. The van der Waals surface area contributed by atoms with Crippen molar-refractivity contribution in [3.8, 4) is 11.3 Å². The van der Waals surface area contributed by atoms with Gasteiger partial charge < -0.3 is 10.2 Å². The monoisotopic (exact) mass is 435 g/mol. The van der Waals surface area contributed by atoms with E-state index in [1.165, 1.54) is 24.1 Å². The third-order valence-corrected chi connectivity index (χ3v) is 6.74. The van der Waals surface area contributed by atoms with Gasteiger partial charge in [0, 0.05) is 29.4 Å². The molecule has 3 heterocycles. The number of carbonyl (C=O) groups is 1. The first-order chi connectivity index (χ1) is 16.3. The second kappa shape index (κ2) is 8.28. The Labute approximate surface area is 192 Å². The maximum atomic E-state index is 12.6. The molecule has 0 unspecified atom stereocenters. The first-order valence-electron chi connectivity index (χ1n) is 11.6. The summed E-state index contributed by atoms with van der Waals surface area (Å²) in [6.45, 7) is 0.877. The van der Waals surface area contributed by atoms with Crippen LogP contribution in [0.15, 0.2) is 67.0 Å². The van der Waals surface area contributed by atoms with Gasteiger partial charge in [-0.25, -0.2) is 15.0 Å². The second-order valence-electron chi connectivity index (χ2n) is 8.82. The lowest BCUT2D eigenvalue weighted by Gasteiger charge is -2.19. The van der Waals surface area contributed by atoms with Crippen LogP contribution in [0.4, 0.5) is 11.5 Å². The number of anilines is 2. The van der Waals surface area contributed by atoms with Gasteiger partial charge in [-0.05, 0) is 55.2 Å². The molecule has 2 aliphatic rings. The summed E-state index contributed by atoms with van der Waals surface area (Å²) < 4.78 is 0. The number of rotatable bonds is 4. The maximum Gasteiger partial charge on any atom is 0.251 e. The Balaban J connectivity index is 1.31. The standard InChI is InChI=1S/C27H25N5O/c33-27(30-21-6-2-3-7-21)20-11-9-18(10-12-20)22-13-14-23-25(31-22)26(29-17-28-23)32-16-15-19-5-1-4-8-24(19)32/h1,4-5,8-14,17,21H,2-3,6-7,15-16H2,(H,30,33). The molecule has 6 heteroatoms. The predicted molar refractivity (Wildman–Crippen MR) is 130 cm³/mol. The molecule has 1 aliphatic carbocycles. The summed E-state index contributed by atoms with van der Waals surface area (Å²) in [4.78, 5) is 28.8. The fourth-order valence-corrected chi connectivity index (χ4v) is 4.98. The van der Waals surface area contributed by atoms with Crippen molar-refractivity contribution in [1.82, 2.24) is 20.3 Å². The van der Waals surface area contributed by atoms with E-state index in [0.717, 1.165) is 53.9 Å². The van der Waals surface area contributed by atoms with Gasteiger partial charge >= 0.3 is 0 Å². The number of nitrogens with one attached hydrogen (secondary N) is 1. The molecule has 0 bridgehead atoms. The molecule has 6 nitrogen and oxygen atoms in total. The predicted octanol–water partition coefficient (Wildman–Crippen LogP) is 5.06. The van der Waals surface area contributed by atoms with Gasteiger partial charge in [-0.3, -0.25) is 4.79 Å². The quantitative estimate of drug-likeness (QED) is 0.485. The Morgan fingerprint density at radius 3 is 2.61 bits per heavy atom. The van der Waals surface area contributed by atoms with Crippen molar-refractivity contribution in [2.75, 3.05) is 11.4 Å². The van der Waals surface area contributed by atoms with Crippen LogP contribution in [0.25, 0.3) is 22.3 Å². The zero-order valence-electron chi connectivity index (χ0n) is 18.4. The molecule has 1 aliphatic heterocycles. The third kappa shape index (κ3) is 3.71. The van der Waals surface area contributed by atoms with Crippen molar-refractivity contribution < 1.29 is 4.79 Å². The molecule has 2 aromatic carbocycles. The number of para-hydroxylation sites is 1. The first kappa shape index (κ1) is 19.9. The van der Waals surface area contributed by atoms with Crippen LogP contribution in [0.3, 0.4) is 0 Å². The molecule has 33 heavy (non-hydrogen) atoms. The minimum absolute atomic E-state index is 0.00306. The van der Waals surface area contributed by atoms with Gasteiger partial charge in [0.2, 0.25) is 0 Å². The number of hydrogen-bond acceptors (Lipinski definition) is 5. The van der Waals surface area contributed by atoms with E-state index in [1.807, 2.05) is 36.4 Å². The number of benzene rings is 2. The van der Waals surface area contributed by atoms with E-state index in [-0.39, 0.29) is 5.91 Å². The Bertz CT molecular complexity index is 1330. The molecule has 0 saturated heterocycles. The Kier molecular flexibility index (Phi) is 4.98. The molecular weight excluding hydrogens is 410 g/mol. The fraction of sp³-hybridized carbons (Fsp3) is 0.259. The molecule has 0 radical (unpaired) electrons. The number of nitrogens with zero attached hydrogens (tertiary/aromatic N) is 4. The summed E-state index contributed by atoms with van der Waals surface area (Å²) in [5.41, 5.74) is 6.61. The number of fused-ring (bicyclic) bond motifs is 2. The zero-order valence-corrected chi connectivity index (χ0v) is 18.4. The smallest absolute Gasteiger partial charge is 0.251 e. The fourth-order valence-electron chi connectivity index (χ4n) is 4.98. The van der Waals surface area contributed by atoms with Crippen molar-refractivity contribution >= 4 is 28.4 Å². The average Bonchev–Trinajstić information content (AvgIpc) is 3.53. The summed E-state index contributed by atoms with van der Waals surface area (Å²) in [6, 6.07) is 20.4. The SMILES string of the molecule is O=C(NC1CCCC1)c1ccc(-c2ccc3ncnc(N4CCc5ccccc54)c3n2)cc1. The molecular formula is C27H25N5O. The van der Waals surface area contributed by atoms with E-state index in [2.05, 4.69) is 44.5 Å².